The van der Waals surface area contributed by atoms with E-state index in [2.05, 4.69) is 9.97 Å². The van der Waals surface area contributed by atoms with Crippen LogP contribution in [0.1, 0.15) is 17.5 Å². The fraction of sp³-hybridized carbons (Fsp3) is 0.292. The highest BCUT2D eigenvalue weighted by atomic mass is 32.2. The van der Waals surface area contributed by atoms with Crippen LogP contribution in [0.3, 0.4) is 0 Å². The second-order valence-corrected chi connectivity index (χ2v) is 10.9. The second-order valence-electron chi connectivity index (χ2n) is 8.78. The van der Waals surface area contributed by atoms with Gasteiger partial charge in [0.1, 0.15) is 28.2 Å². The molecule has 2 aliphatic heterocycles. The molecule has 13 heteroatoms. The fourth-order valence-corrected chi connectivity index (χ4v) is 7.38. The number of halogens is 5. The van der Waals surface area contributed by atoms with Crippen molar-refractivity contribution in [1.29, 1.82) is 5.26 Å². The number of benzene rings is 2. The van der Waals surface area contributed by atoms with Crippen LogP contribution in [0, 0.1) is 23.0 Å². The summed E-state index contributed by atoms with van der Waals surface area (Å²) in [5.74, 6) is -0.308. The molecule has 2 atom stereocenters. The Morgan fingerprint density at radius 2 is 1.92 bits per heavy atom. The molecule has 6 nitrogen and oxygen atoms in total. The zero-order valence-corrected chi connectivity index (χ0v) is 20.6. The van der Waals surface area contributed by atoms with Crippen molar-refractivity contribution in [3.05, 3.63) is 41.0 Å². The minimum Gasteiger partial charge on any atom is -0.467 e. The summed E-state index contributed by atoms with van der Waals surface area (Å²) in [5, 5.41) is 9.26. The first kappa shape index (κ1) is 24.0. The standard InChI is InChI=1S/C24H16F5N5OS2/c1-35-23-32-19-12(22(33-23)34-9-4-10(34)8-36-7-9)5-14(24(27,28)29)17(18(19)26)11-2-3-15(25)20-16(11)13(6-30)21(31)37-20/h2-3,5,9-10H,4,7-8,31H2,1H3. The third-order valence-electron chi connectivity index (χ3n) is 6.77. The van der Waals surface area contributed by atoms with Gasteiger partial charge in [-0.05, 0) is 24.1 Å². The molecule has 2 aromatic heterocycles. The maximum Gasteiger partial charge on any atom is 0.417 e. The number of nitrogens with two attached hydrogens (primary N) is 1. The van der Waals surface area contributed by atoms with E-state index in [1.54, 1.807) is 11.8 Å². The van der Waals surface area contributed by atoms with Gasteiger partial charge in [-0.3, -0.25) is 0 Å². The predicted octanol–water partition coefficient (Wildman–Crippen LogP) is 5.97. The van der Waals surface area contributed by atoms with Crippen LogP contribution in [-0.4, -0.2) is 40.7 Å². The molecule has 2 unspecified atom stereocenters. The van der Waals surface area contributed by atoms with Gasteiger partial charge in [0.2, 0.25) is 0 Å². The number of alkyl halides is 3. The van der Waals surface area contributed by atoms with E-state index in [0.717, 1.165) is 36.1 Å². The Balaban J connectivity index is 1.72. The number of methoxy groups -OCH3 is 1. The molecule has 2 aliphatic rings. The SMILES string of the molecule is COc1nc(N2C3CSCC2C3)c2cc(C(F)(F)F)c(-c3ccc(F)c4sc(N)c(C#N)c34)c(F)c2n1. The van der Waals surface area contributed by atoms with Crippen LogP contribution in [-0.2, 0) is 6.18 Å². The molecule has 4 heterocycles. The average molecular weight is 550 g/mol. The maximum atomic E-state index is 16.3. The van der Waals surface area contributed by atoms with Gasteiger partial charge in [-0.1, -0.05) is 6.07 Å². The van der Waals surface area contributed by atoms with Crippen LogP contribution in [0.2, 0.25) is 0 Å². The summed E-state index contributed by atoms with van der Waals surface area (Å²) < 4.78 is 79.5. The van der Waals surface area contributed by atoms with Gasteiger partial charge in [0.15, 0.2) is 5.82 Å². The van der Waals surface area contributed by atoms with E-state index in [-0.39, 0.29) is 61.0 Å². The second kappa shape index (κ2) is 8.32. The van der Waals surface area contributed by atoms with Crippen LogP contribution in [0.5, 0.6) is 6.01 Å². The summed E-state index contributed by atoms with van der Waals surface area (Å²) in [5.41, 5.74) is 2.86. The smallest absolute Gasteiger partial charge is 0.417 e. The van der Waals surface area contributed by atoms with Crippen LogP contribution in [0.25, 0.3) is 32.1 Å². The first-order valence-electron chi connectivity index (χ1n) is 11.1. The van der Waals surface area contributed by atoms with Crippen LogP contribution < -0.4 is 15.4 Å². The van der Waals surface area contributed by atoms with Crippen LogP contribution in [0.4, 0.5) is 32.8 Å². The molecule has 6 rings (SSSR count). The van der Waals surface area contributed by atoms with Crippen molar-refractivity contribution in [2.75, 3.05) is 29.2 Å². The lowest BCUT2D eigenvalue weighted by molar-refractivity contribution is -0.137. The number of anilines is 2. The monoisotopic (exact) mass is 549 g/mol. The van der Waals surface area contributed by atoms with Crippen molar-refractivity contribution in [3.8, 4) is 23.2 Å². The number of hydrogen-bond donors (Lipinski definition) is 1. The normalized spacial score (nSPS) is 19.2. The van der Waals surface area contributed by atoms with Gasteiger partial charge >= 0.3 is 12.2 Å². The molecule has 0 spiro atoms. The van der Waals surface area contributed by atoms with Gasteiger partial charge in [0, 0.05) is 39.9 Å². The summed E-state index contributed by atoms with van der Waals surface area (Å²) >= 11 is 2.46. The Morgan fingerprint density at radius 1 is 1.19 bits per heavy atom. The maximum absolute atomic E-state index is 16.3. The lowest BCUT2D eigenvalue weighted by Gasteiger charge is -2.53. The van der Waals surface area contributed by atoms with E-state index < -0.39 is 28.9 Å². The molecule has 0 aliphatic carbocycles. The van der Waals surface area contributed by atoms with Crippen molar-refractivity contribution < 1.29 is 26.7 Å². The molecule has 190 valence electrons. The molecule has 0 amide bonds. The van der Waals surface area contributed by atoms with Crippen molar-refractivity contribution in [1.82, 2.24) is 9.97 Å². The number of nitriles is 1. The Morgan fingerprint density at radius 3 is 2.54 bits per heavy atom. The van der Waals surface area contributed by atoms with Gasteiger partial charge in [0.25, 0.3) is 0 Å². The molecule has 2 N–H and O–H groups in total. The molecule has 4 aromatic rings. The molecular formula is C24H16F5N5OS2. The van der Waals surface area contributed by atoms with Gasteiger partial charge in [-0.15, -0.1) is 11.3 Å². The average Bonchev–Trinajstić information content (AvgIpc) is 3.21. The van der Waals surface area contributed by atoms with Crippen molar-refractivity contribution >= 4 is 54.9 Å². The topological polar surface area (TPSA) is 88.1 Å². The van der Waals surface area contributed by atoms with Gasteiger partial charge in [0.05, 0.1) is 22.9 Å². The van der Waals surface area contributed by atoms with Crippen molar-refractivity contribution in [2.45, 2.75) is 24.7 Å². The Bertz CT molecular complexity index is 1630. The third kappa shape index (κ3) is 3.49. The highest BCUT2D eigenvalue weighted by molar-refractivity contribution is 7.99. The molecule has 0 radical (unpaired) electrons. The summed E-state index contributed by atoms with van der Waals surface area (Å²) in [6.45, 7) is 0. The molecule has 0 saturated carbocycles. The summed E-state index contributed by atoms with van der Waals surface area (Å²) in [7, 11) is 1.29. The van der Waals surface area contributed by atoms with Gasteiger partial charge < -0.3 is 15.4 Å². The lowest BCUT2D eigenvalue weighted by Crippen LogP contribution is -2.62. The van der Waals surface area contributed by atoms with E-state index in [9.17, 15) is 22.8 Å². The van der Waals surface area contributed by atoms with E-state index in [0.29, 0.717) is 11.3 Å². The molecular weight excluding hydrogens is 533 g/mol. The molecule has 2 saturated heterocycles. The number of nitrogen functional groups attached to an aromatic ring is 1. The van der Waals surface area contributed by atoms with Gasteiger partial charge in [-0.25, -0.2) is 8.78 Å². The zero-order valence-electron chi connectivity index (χ0n) is 19.0. The first-order chi connectivity index (χ1) is 17.6. The Kier molecular flexibility index (Phi) is 5.40. The number of aromatic nitrogens is 2. The lowest BCUT2D eigenvalue weighted by atomic mass is 9.91. The summed E-state index contributed by atoms with van der Waals surface area (Å²) in [6, 6.07) is 4.54. The predicted molar refractivity (Wildman–Crippen MR) is 133 cm³/mol. The fourth-order valence-electron chi connectivity index (χ4n) is 5.16. The minimum absolute atomic E-state index is 0.0623. The number of ether oxygens (including phenoxy) is 1. The van der Waals surface area contributed by atoms with Crippen molar-refractivity contribution in [3.63, 3.8) is 0 Å². The van der Waals surface area contributed by atoms with E-state index in [1.165, 1.54) is 7.11 Å². The molecule has 2 fully saturated rings. The number of nitrogens with zero attached hydrogens (tertiary/aromatic N) is 4. The quantitative estimate of drug-likeness (QED) is 0.315. The largest absolute Gasteiger partial charge is 0.467 e. The highest BCUT2D eigenvalue weighted by Gasteiger charge is 2.45. The minimum atomic E-state index is -4.99. The van der Waals surface area contributed by atoms with Crippen LogP contribution >= 0.6 is 23.1 Å². The number of hydrogen-bond acceptors (Lipinski definition) is 8. The zero-order chi connectivity index (χ0) is 26.2. The third-order valence-corrected chi connectivity index (χ3v) is 9.04. The summed E-state index contributed by atoms with van der Waals surface area (Å²) in [4.78, 5) is 10.3. The van der Waals surface area contributed by atoms with Crippen molar-refractivity contribution in [2.24, 2.45) is 0 Å². The van der Waals surface area contributed by atoms with E-state index in [1.807, 2.05) is 11.0 Å². The van der Waals surface area contributed by atoms with E-state index in [4.69, 9.17) is 10.5 Å². The molecule has 2 bridgehead atoms. The number of rotatable bonds is 3. The number of fused-ring (bicyclic) bond motifs is 4. The molecule has 2 aromatic carbocycles. The number of thioether (sulfide) groups is 1. The number of thiophene rings is 1. The highest BCUT2D eigenvalue weighted by Crippen LogP contribution is 2.49. The molecule has 37 heavy (non-hydrogen) atoms. The Labute approximate surface area is 214 Å². The Hall–Kier alpha value is -3.37. The van der Waals surface area contributed by atoms with Crippen LogP contribution in [0.15, 0.2) is 18.2 Å². The first-order valence-corrected chi connectivity index (χ1v) is 13.0. The van der Waals surface area contributed by atoms with E-state index >= 15 is 4.39 Å². The summed E-state index contributed by atoms with van der Waals surface area (Å²) in [6.07, 6.45) is -4.12. The van der Waals surface area contributed by atoms with Gasteiger partial charge in [-0.2, -0.15) is 40.2 Å².